The Balaban J connectivity index is 1.91. The first-order chi connectivity index (χ1) is 12.2. The summed E-state index contributed by atoms with van der Waals surface area (Å²) >= 11 is 0. The number of ether oxygens (including phenoxy) is 2. The molecule has 0 spiro atoms. The van der Waals surface area contributed by atoms with Crippen molar-refractivity contribution in [1.82, 2.24) is 15.0 Å². The summed E-state index contributed by atoms with van der Waals surface area (Å²) in [6.07, 6.45) is 1.87. The van der Waals surface area contributed by atoms with Crippen molar-refractivity contribution in [3.8, 4) is 34.4 Å². The Labute approximate surface area is 146 Å². The maximum absolute atomic E-state index is 5.82. The third kappa shape index (κ3) is 3.05. The number of nitrogens with zero attached hydrogens (tertiary/aromatic N) is 3. The van der Waals surface area contributed by atoms with E-state index in [1.54, 1.807) is 7.11 Å². The van der Waals surface area contributed by atoms with Gasteiger partial charge >= 0.3 is 0 Å². The summed E-state index contributed by atoms with van der Waals surface area (Å²) in [7, 11) is 1.67. The molecule has 0 radical (unpaired) electrons. The number of methoxy groups -OCH3 is 1. The number of aromatic nitrogens is 3. The number of rotatable bonds is 3. The molecule has 5 nitrogen and oxygen atoms in total. The zero-order chi connectivity index (χ0) is 17.2. The molecule has 0 bridgehead atoms. The highest BCUT2D eigenvalue weighted by atomic mass is 16.5. The van der Waals surface area contributed by atoms with Crippen LogP contribution in [0.4, 0.5) is 0 Å². The molecule has 0 N–H and O–H groups in total. The van der Waals surface area contributed by atoms with Crippen LogP contribution in [0.3, 0.4) is 0 Å². The van der Waals surface area contributed by atoms with Crippen LogP contribution in [-0.4, -0.2) is 28.7 Å². The van der Waals surface area contributed by atoms with E-state index in [0.29, 0.717) is 18.3 Å². The van der Waals surface area contributed by atoms with Gasteiger partial charge in [-0.25, -0.2) is 9.97 Å². The Morgan fingerprint density at radius 3 is 2.76 bits per heavy atom. The fourth-order valence-corrected chi connectivity index (χ4v) is 3.02. The van der Waals surface area contributed by atoms with Gasteiger partial charge in [-0.15, -0.1) is 0 Å². The van der Waals surface area contributed by atoms with E-state index in [2.05, 4.69) is 9.97 Å². The summed E-state index contributed by atoms with van der Waals surface area (Å²) in [4.78, 5) is 14.0. The van der Waals surface area contributed by atoms with Crippen molar-refractivity contribution in [1.29, 1.82) is 0 Å². The number of hydrogen-bond donors (Lipinski definition) is 0. The fraction of sp³-hybridized carbons (Fsp3) is 0.250. The molecule has 0 saturated heterocycles. The molecule has 0 saturated carbocycles. The second-order valence-electron chi connectivity index (χ2n) is 6.03. The van der Waals surface area contributed by atoms with E-state index < -0.39 is 0 Å². The molecule has 0 fully saturated rings. The monoisotopic (exact) mass is 333 g/mol. The molecule has 5 heteroatoms. The number of aryl methyl sites for hydroxylation is 1. The van der Waals surface area contributed by atoms with Crippen molar-refractivity contribution in [2.75, 3.05) is 13.7 Å². The van der Waals surface area contributed by atoms with Crippen LogP contribution < -0.4 is 9.47 Å². The minimum atomic E-state index is 0.585. The Morgan fingerprint density at radius 2 is 1.92 bits per heavy atom. The predicted octanol–water partition coefficient (Wildman–Crippen LogP) is 3.85. The van der Waals surface area contributed by atoms with E-state index in [9.17, 15) is 0 Å². The lowest BCUT2D eigenvalue weighted by Crippen LogP contribution is -2.13. The summed E-state index contributed by atoms with van der Waals surface area (Å²) in [6, 6.07) is 13.8. The topological polar surface area (TPSA) is 57.1 Å². The molecule has 0 atom stereocenters. The Bertz CT molecular complexity index is 925. The standard InChI is InChI=1S/C20H19N3O2/c1-13-6-3-10-17(21-13)19-22-18(14-7-4-8-15(12-14)24-2)16-9-5-11-25-20(16)23-19/h3-4,6-8,10,12H,5,9,11H2,1-2H3. The van der Waals surface area contributed by atoms with Crippen LogP contribution in [0.25, 0.3) is 22.8 Å². The molecular formula is C20H19N3O2. The highest BCUT2D eigenvalue weighted by Gasteiger charge is 2.21. The van der Waals surface area contributed by atoms with Crippen molar-refractivity contribution >= 4 is 0 Å². The summed E-state index contributed by atoms with van der Waals surface area (Å²) in [5.41, 5.74) is 4.62. The molecule has 0 aliphatic carbocycles. The Morgan fingerprint density at radius 1 is 1.04 bits per heavy atom. The van der Waals surface area contributed by atoms with Gasteiger partial charge in [0.15, 0.2) is 5.82 Å². The summed E-state index contributed by atoms with van der Waals surface area (Å²) in [6.45, 7) is 2.64. The number of pyridine rings is 1. The molecule has 0 unspecified atom stereocenters. The lowest BCUT2D eigenvalue weighted by Gasteiger charge is -2.20. The lowest BCUT2D eigenvalue weighted by molar-refractivity contribution is 0.276. The van der Waals surface area contributed by atoms with Crippen molar-refractivity contribution < 1.29 is 9.47 Å². The molecule has 3 aromatic rings. The lowest BCUT2D eigenvalue weighted by atomic mass is 10.0. The Kier molecular flexibility index (Phi) is 4.06. The molecule has 2 aromatic heterocycles. The molecule has 0 amide bonds. The average Bonchev–Trinajstić information content (AvgIpc) is 2.67. The second-order valence-corrected chi connectivity index (χ2v) is 6.03. The van der Waals surface area contributed by atoms with Gasteiger partial charge in [0.1, 0.15) is 11.4 Å². The highest BCUT2D eigenvalue weighted by molar-refractivity contribution is 5.69. The van der Waals surface area contributed by atoms with Gasteiger partial charge in [0, 0.05) is 16.8 Å². The zero-order valence-corrected chi connectivity index (χ0v) is 14.3. The van der Waals surface area contributed by atoms with Crippen molar-refractivity contribution in [3.63, 3.8) is 0 Å². The minimum absolute atomic E-state index is 0.585. The normalized spacial score (nSPS) is 13.0. The van der Waals surface area contributed by atoms with Crippen LogP contribution in [0.5, 0.6) is 11.6 Å². The van der Waals surface area contributed by atoms with Gasteiger partial charge in [-0.05, 0) is 44.0 Å². The second kappa shape index (κ2) is 6.51. The van der Waals surface area contributed by atoms with E-state index in [4.69, 9.17) is 14.5 Å². The zero-order valence-electron chi connectivity index (χ0n) is 14.3. The van der Waals surface area contributed by atoms with Gasteiger partial charge in [0.25, 0.3) is 0 Å². The van der Waals surface area contributed by atoms with E-state index in [1.807, 2.05) is 49.4 Å². The minimum Gasteiger partial charge on any atom is -0.497 e. The highest BCUT2D eigenvalue weighted by Crippen LogP contribution is 2.34. The van der Waals surface area contributed by atoms with Crippen molar-refractivity contribution in [2.24, 2.45) is 0 Å². The van der Waals surface area contributed by atoms with Crippen LogP contribution in [0, 0.1) is 6.92 Å². The smallest absolute Gasteiger partial charge is 0.220 e. The van der Waals surface area contributed by atoms with E-state index in [-0.39, 0.29) is 0 Å². The largest absolute Gasteiger partial charge is 0.497 e. The molecule has 3 heterocycles. The van der Waals surface area contributed by atoms with Gasteiger partial charge in [-0.3, -0.25) is 0 Å². The number of hydrogen-bond acceptors (Lipinski definition) is 5. The summed E-state index contributed by atoms with van der Waals surface area (Å²) in [5.74, 6) is 2.05. The molecule has 25 heavy (non-hydrogen) atoms. The first-order valence-corrected chi connectivity index (χ1v) is 8.37. The van der Waals surface area contributed by atoms with Gasteiger partial charge in [0.2, 0.25) is 5.88 Å². The average molecular weight is 333 g/mol. The molecule has 4 rings (SSSR count). The number of benzene rings is 1. The molecule has 1 aliphatic rings. The van der Waals surface area contributed by atoms with Gasteiger partial charge in [0.05, 0.1) is 19.4 Å². The fourth-order valence-electron chi connectivity index (χ4n) is 3.02. The van der Waals surface area contributed by atoms with Crippen LogP contribution >= 0.6 is 0 Å². The molecule has 1 aromatic carbocycles. The van der Waals surface area contributed by atoms with Gasteiger partial charge in [-0.2, -0.15) is 4.98 Å². The van der Waals surface area contributed by atoms with Crippen LogP contribution in [0.1, 0.15) is 17.7 Å². The van der Waals surface area contributed by atoms with Gasteiger partial charge < -0.3 is 9.47 Å². The van der Waals surface area contributed by atoms with Crippen LogP contribution in [-0.2, 0) is 6.42 Å². The third-order valence-corrected chi connectivity index (χ3v) is 4.24. The first-order valence-electron chi connectivity index (χ1n) is 8.37. The third-order valence-electron chi connectivity index (χ3n) is 4.24. The Hall–Kier alpha value is -2.95. The van der Waals surface area contributed by atoms with Crippen molar-refractivity contribution in [2.45, 2.75) is 19.8 Å². The maximum atomic E-state index is 5.82. The van der Waals surface area contributed by atoms with Crippen molar-refractivity contribution in [3.05, 3.63) is 53.7 Å². The molecule has 126 valence electrons. The van der Waals surface area contributed by atoms with E-state index in [0.717, 1.165) is 46.8 Å². The van der Waals surface area contributed by atoms with Crippen LogP contribution in [0.15, 0.2) is 42.5 Å². The van der Waals surface area contributed by atoms with Gasteiger partial charge in [-0.1, -0.05) is 18.2 Å². The predicted molar refractivity (Wildman–Crippen MR) is 95.8 cm³/mol. The first kappa shape index (κ1) is 15.6. The number of fused-ring (bicyclic) bond motifs is 1. The van der Waals surface area contributed by atoms with E-state index in [1.165, 1.54) is 0 Å². The molecular weight excluding hydrogens is 314 g/mol. The van der Waals surface area contributed by atoms with Crippen LogP contribution in [0.2, 0.25) is 0 Å². The van der Waals surface area contributed by atoms with E-state index >= 15 is 0 Å². The SMILES string of the molecule is COc1cccc(-c2nc(-c3cccc(C)n3)nc3c2CCCO3)c1. The quantitative estimate of drug-likeness (QED) is 0.729. The molecule has 1 aliphatic heterocycles. The summed E-state index contributed by atoms with van der Waals surface area (Å²) < 4.78 is 11.2. The summed E-state index contributed by atoms with van der Waals surface area (Å²) in [5, 5.41) is 0. The maximum Gasteiger partial charge on any atom is 0.220 e.